The van der Waals surface area contributed by atoms with E-state index in [2.05, 4.69) is 10.3 Å². The van der Waals surface area contributed by atoms with Gasteiger partial charge in [0, 0.05) is 17.1 Å². The van der Waals surface area contributed by atoms with E-state index in [0.29, 0.717) is 6.04 Å². The van der Waals surface area contributed by atoms with Gasteiger partial charge in [0.05, 0.1) is 5.51 Å². The Hall–Kier alpha value is -0.410. The maximum absolute atomic E-state index is 4.08. The number of thiazole rings is 1. The first kappa shape index (κ1) is 7.25. The van der Waals surface area contributed by atoms with Crippen LogP contribution < -0.4 is 5.32 Å². The van der Waals surface area contributed by atoms with Crippen LogP contribution in [-0.4, -0.2) is 11.5 Å². The van der Waals surface area contributed by atoms with Crippen LogP contribution in [0.4, 0.5) is 0 Å². The Bertz CT molecular complexity index is 202. The van der Waals surface area contributed by atoms with Crippen LogP contribution in [0, 0.1) is 0 Å². The summed E-state index contributed by atoms with van der Waals surface area (Å²) < 4.78 is 0. The Labute approximate surface area is 70.7 Å². The van der Waals surface area contributed by atoms with Crippen molar-refractivity contribution in [3.8, 4) is 0 Å². The van der Waals surface area contributed by atoms with Crippen LogP contribution in [0.25, 0.3) is 0 Å². The lowest BCUT2D eigenvalue weighted by atomic mass is 10.0. The molecule has 0 spiro atoms. The predicted molar refractivity (Wildman–Crippen MR) is 46.7 cm³/mol. The second kappa shape index (κ2) is 3.32. The monoisotopic (exact) mass is 168 g/mol. The van der Waals surface area contributed by atoms with Crippen molar-refractivity contribution in [2.75, 3.05) is 6.54 Å². The molecule has 0 unspecified atom stereocenters. The number of hydrogen-bond donors (Lipinski definition) is 1. The highest BCUT2D eigenvalue weighted by Gasteiger charge is 2.14. The maximum Gasteiger partial charge on any atom is 0.0794 e. The molecule has 60 valence electrons. The van der Waals surface area contributed by atoms with Crippen molar-refractivity contribution >= 4 is 11.3 Å². The molecule has 1 aliphatic rings. The van der Waals surface area contributed by atoms with Crippen molar-refractivity contribution in [2.45, 2.75) is 25.3 Å². The van der Waals surface area contributed by atoms with Gasteiger partial charge in [-0.15, -0.1) is 11.3 Å². The minimum absolute atomic E-state index is 0.594. The zero-order chi connectivity index (χ0) is 7.52. The second-order valence-electron chi connectivity index (χ2n) is 2.91. The lowest BCUT2D eigenvalue weighted by Gasteiger charge is -2.21. The molecule has 1 fully saturated rings. The first-order valence-electron chi connectivity index (χ1n) is 4.08. The number of hydrogen-bond acceptors (Lipinski definition) is 3. The molecule has 1 aromatic heterocycles. The van der Waals surface area contributed by atoms with E-state index in [1.807, 2.05) is 11.7 Å². The summed E-state index contributed by atoms with van der Waals surface area (Å²) in [6.07, 6.45) is 5.95. The lowest BCUT2D eigenvalue weighted by molar-refractivity contribution is 0.417. The minimum Gasteiger partial charge on any atom is -0.309 e. The molecule has 1 aromatic rings. The Morgan fingerprint density at radius 2 is 2.55 bits per heavy atom. The summed E-state index contributed by atoms with van der Waals surface area (Å²) in [4.78, 5) is 5.47. The van der Waals surface area contributed by atoms with Gasteiger partial charge < -0.3 is 5.32 Å². The average Bonchev–Trinajstić information content (AvgIpc) is 2.58. The second-order valence-corrected chi connectivity index (χ2v) is 3.82. The smallest absolute Gasteiger partial charge is 0.0794 e. The molecule has 2 nitrogen and oxygen atoms in total. The molecular weight excluding hydrogens is 156 g/mol. The third-order valence-corrected chi connectivity index (χ3v) is 2.99. The molecule has 1 aliphatic heterocycles. The van der Waals surface area contributed by atoms with Gasteiger partial charge >= 0.3 is 0 Å². The molecule has 1 saturated heterocycles. The van der Waals surface area contributed by atoms with Crippen LogP contribution >= 0.6 is 11.3 Å². The minimum atomic E-state index is 0.594. The molecule has 2 rings (SSSR count). The summed E-state index contributed by atoms with van der Waals surface area (Å²) in [5.41, 5.74) is 1.91. The summed E-state index contributed by atoms with van der Waals surface area (Å²) >= 11 is 1.76. The Morgan fingerprint density at radius 3 is 3.18 bits per heavy atom. The molecule has 0 bridgehead atoms. The largest absolute Gasteiger partial charge is 0.309 e. The fraction of sp³-hybridized carbons (Fsp3) is 0.625. The van der Waals surface area contributed by atoms with Crippen molar-refractivity contribution in [2.24, 2.45) is 0 Å². The lowest BCUT2D eigenvalue weighted by Crippen LogP contribution is -2.25. The van der Waals surface area contributed by atoms with Gasteiger partial charge in [-0.05, 0) is 19.4 Å². The fourth-order valence-corrected chi connectivity index (χ4v) is 2.22. The van der Waals surface area contributed by atoms with Crippen LogP contribution in [-0.2, 0) is 0 Å². The predicted octanol–water partition coefficient (Wildman–Crippen LogP) is 1.96. The van der Waals surface area contributed by atoms with Gasteiger partial charge in [-0.25, -0.2) is 0 Å². The van der Waals surface area contributed by atoms with E-state index in [4.69, 9.17) is 0 Å². The van der Waals surface area contributed by atoms with Crippen molar-refractivity contribution in [1.82, 2.24) is 10.3 Å². The first-order chi connectivity index (χ1) is 5.47. The molecule has 0 amide bonds. The molecule has 0 aliphatic carbocycles. The molecule has 3 heteroatoms. The van der Waals surface area contributed by atoms with E-state index in [1.54, 1.807) is 11.3 Å². The molecule has 11 heavy (non-hydrogen) atoms. The normalized spacial score (nSPS) is 25.3. The number of nitrogens with one attached hydrogen (secondary N) is 1. The quantitative estimate of drug-likeness (QED) is 0.693. The van der Waals surface area contributed by atoms with E-state index in [1.165, 1.54) is 30.7 Å². The number of piperidine rings is 1. The third-order valence-electron chi connectivity index (χ3n) is 2.11. The van der Waals surface area contributed by atoms with Crippen molar-refractivity contribution < 1.29 is 0 Å². The van der Waals surface area contributed by atoms with Crippen LogP contribution in [0.5, 0.6) is 0 Å². The number of aromatic nitrogens is 1. The molecule has 0 radical (unpaired) electrons. The van der Waals surface area contributed by atoms with E-state index in [-0.39, 0.29) is 0 Å². The first-order valence-corrected chi connectivity index (χ1v) is 4.96. The number of nitrogens with zero attached hydrogens (tertiary/aromatic N) is 1. The zero-order valence-corrected chi connectivity index (χ0v) is 7.23. The van der Waals surface area contributed by atoms with Gasteiger partial charge in [0.25, 0.3) is 0 Å². The highest BCUT2D eigenvalue weighted by molar-refractivity contribution is 7.09. The van der Waals surface area contributed by atoms with Gasteiger partial charge in [-0.1, -0.05) is 6.42 Å². The molecular formula is C8H12N2S. The van der Waals surface area contributed by atoms with Crippen molar-refractivity contribution in [1.29, 1.82) is 0 Å². The third kappa shape index (κ3) is 1.60. The zero-order valence-electron chi connectivity index (χ0n) is 6.42. The summed E-state index contributed by atoms with van der Waals surface area (Å²) in [6, 6.07) is 0.594. The summed E-state index contributed by atoms with van der Waals surface area (Å²) in [5.74, 6) is 0. The van der Waals surface area contributed by atoms with E-state index >= 15 is 0 Å². The van der Waals surface area contributed by atoms with Crippen LogP contribution in [0.3, 0.4) is 0 Å². The van der Waals surface area contributed by atoms with Gasteiger partial charge in [0.15, 0.2) is 0 Å². The standard InChI is InChI=1S/C8H12N2S/c1-2-4-10-7(3-1)8-5-9-6-11-8/h5-7,10H,1-4H2/t7-/m0/s1. The topological polar surface area (TPSA) is 24.9 Å². The Kier molecular flexibility index (Phi) is 2.19. The molecule has 1 N–H and O–H groups in total. The number of rotatable bonds is 1. The van der Waals surface area contributed by atoms with E-state index < -0.39 is 0 Å². The van der Waals surface area contributed by atoms with Crippen LogP contribution in [0.1, 0.15) is 30.2 Å². The van der Waals surface area contributed by atoms with E-state index in [9.17, 15) is 0 Å². The summed E-state index contributed by atoms with van der Waals surface area (Å²) in [5, 5.41) is 3.49. The average molecular weight is 168 g/mol. The fourth-order valence-electron chi connectivity index (χ4n) is 1.49. The maximum atomic E-state index is 4.08. The highest BCUT2D eigenvalue weighted by Crippen LogP contribution is 2.24. The molecule has 2 heterocycles. The van der Waals surface area contributed by atoms with Crippen molar-refractivity contribution in [3.05, 3.63) is 16.6 Å². The molecule has 0 aromatic carbocycles. The van der Waals surface area contributed by atoms with Gasteiger partial charge in [-0.2, -0.15) is 0 Å². The van der Waals surface area contributed by atoms with Gasteiger partial charge in [0.2, 0.25) is 0 Å². The Balaban J connectivity index is 2.04. The molecule has 1 atom stereocenters. The summed E-state index contributed by atoms with van der Waals surface area (Å²) in [7, 11) is 0. The SMILES string of the molecule is c1ncc([C@@H]2CCCCN2)s1. The van der Waals surface area contributed by atoms with Crippen LogP contribution in [0.15, 0.2) is 11.7 Å². The molecule has 0 saturated carbocycles. The summed E-state index contributed by atoms with van der Waals surface area (Å²) in [6.45, 7) is 1.17. The van der Waals surface area contributed by atoms with Gasteiger partial charge in [0.1, 0.15) is 0 Å². The van der Waals surface area contributed by atoms with E-state index in [0.717, 1.165) is 0 Å². The van der Waals surface area contributed by atoms with Gasteiger partial charge in [-0.3, -0.25) is 4.98 Å². The highest BCUT2D eigenvalue weighted by atomic mass is 32.1. The Morgan fingerprint density at radius 1 is 1.55 bits per heavy atom. The van der Waals surface area contributed by atoms with Crippen LogP contribution in [0.2, 0.25) is 0 Å². The van der Waals surface area contributed by atoms with Crippen molar-refractivity contribution in [3.63, 3.8) is 0 Å².